The highest BCUT2D eigenvalue weighted by atomic mass is 16.3. The Labute approximate surface area is 205 Å². The lowest BCUT2D eigenvalue weighted by Crippen LogP contribution is -2.66. The first-order valence-electron chi connectivity index (χ1n) is 12.2. The highest BCUT2D eigenvalue weighted by Crippen LogP contribution is 2.40. The summed E-state index contributed by atoms with van der Waals surface area (Å²) in [5, 5.41) is 13.0. The molecule has 0 radical (unpaired) electrons. The quantitative estimate of drug-likeness (QED) is 0.632. The van der Waals surface area contributed by atoms with E-state index in [0.29, 0.717) is 6.54 Å². The highest BCUT2D eigenvalue weighted by Gasteiger charge is 2.45. The molecule has 1 amide bonds. The monoisotopic (exact) mass is 472 g/mol. The van der Waals surface area contributed by atoms with E-state index in [4.69, 9.17) is 0 Å². The second kappa shape index (κ2) is 8.89. The average molecular weight is 473 g/mol. The Hall–Kier alpha value is -3.58. The fraction of sp³-hybridized carbons (Fsp3) is 0.357. The van der Waals surface area contributed by atoms with Gasteiger partial charge < -0.3 is 14.9 Å². The van der Waals surface area contributed by atoms with E-state index < -0.39 is 11.2 Å². The molecule has 182 valence electrons. The predicted octanol–water partition coefficient (Wildman–Crippen LogP) is 3.13. The van der Waals surface area contributed by atoms with Crippen LogP contribution >= 0.6 is 0 Å². The molecule has 1 aromatic heterocycles. The molecule has 1 aliphatic heterocycles. The van der Waals surface area contributed by atoms with Crippen LogP contribution in [-0.4, -0.2) is 58.3 Å². The van der Waals surface area contributed by atoms with Crippen LogP contribution in [0.2, 0.25) is 0 Å². The first-order valence-corrected chi connectivity index (χ1v) is 12.2. The standard InChI is InChI=1S/C28H32N4O3/c1-18(2)31-24(17-29(3)4)32(30-16-15-23(33)27(34)26(30)28(31)35)25-21-11-7-5-9-19(21)13-14-20-10-6-8-12-22(20)25/h5-12,15-16,18,24-25,34H,13-14,17H2,1-4H3. The number of pyridine rings is 1. The summed E-state index contributed by atoms with van der Waals surface area (Å²) >= 11 is 0. The molecular weight excluding hydrogens is 440 g/mol. The number of nitrogens with zero attached hydrogens (tertiary/aromatic N) is 4. The third kappa shape index (κ3) is 3.80. The van der Waals surface area contributed by atoms with Gasteiger partial charge in [0, 0.05) is 24.8 Å². The third-order valence-corrected chi connectivity index (χ3v) is 7.08. The van der Waals surface area contributed by atoms with Crippen LogP contribution in [0.4, 0.5) is 0 Å². The van der Waals surface area contributed by atoms with Gasteiger partial charge in [-0.1, -0.05) is 48.5 Å². The van der Waals surface area contributed by atoms with Gasteiger partial charge in [0.1, 0.15) is 6.17 Å². The predicted molar refractivity (Wildman–Crippen MR) is 136 cm³/mol. The fourth-order valence-electron chi connectivity index (χ4n) is 5.59. The molecule has 5 rings (SSSR count). The number of amides is 1. The molecule has 1 unspecified atom stereocenters. The van der Waals surface area contributed by atoms with Gasteiger partial charge in [-0.3, -0.25) is 19.3 Å². The van der Waals surface area contributed by atoms with Gasteiger partial charge in [-0.25, -0.2) is 0 Å². The van der Waals surface area contributed by atoms with Crippen molar-refractivity contribution in [2.24, 2.45) is 0 Å². The highest BCUT2D eigenvalue weighted by molar-refractivity contribution is 5.96. The molecule has 0 fully saturated rings. The number of carbonyl (C=O) groups excluding carboxylic acids is 1. The Morgan fingerprint density at radius 2 is 1.51 bits per heavy atom. The van der Waals surface area contributed by atoms with Crippen molar-refractivity contribution in [2.75, 3.05) is 25.6 Å². The van der Waals surface area contributed by atoms with Crippen LogP contribution in [0.3, 0.4) is 0 Å². The van der Waals surface area contributed by atoms with Crippen LogP contribution in [0.15, 0.2) is 65.6 Å². The molecule has 0 saturated heterocycles. The van der Waals surface area contributed by atoms with Crippen molar-refractivity contribution in [1.29, 1.82) is 0 Å². The number of aryl methyl sites for hydroxylation is 2. The first-order chi connectivity index (χ1) is 16.8. The molecule has 1 aliphatic carbocycles. The number of rotatable bonds is 4. The molecule has 3 aromatic rings. The molecule has 0 saturated carbocycles. The molecule has 1 atom stereocenters. The fourth-order valence-corrected chi connectivity index (χ4v) is 5.59. The Balaban J connectivity index is 1.85. The lowest BCUT2D eigenvalue weighted by Gasteiger charge is -2.52. The van der Waals surface area contributed by atoms with E-state index >= 15 is 0 Å². The molecule has 7 nitrogen and oxygen atoms in total. The summed E-state index contributed by atoms with van der Waals surface area (Å²) in [4.78, 5) is 30.1. The minimum atomic E-state index is -0.555. The number of aromatic nitrogens is 1. The number of hydrogen-bond donors (Lipinski definition) is 1. The summed E-state index contributed by atoms with van der Waals surface area (Å²) in [5.74, 6) is -0.847. The van der Waals surface area contributed by atoms with Crippen molar-refractivity contribution in [1.82, 2.24) is 14.5 Å². The van der Waals surface area contributed by atoms with Crippen molar-refractivity contribution >= 4 is 5.91 Å². The van der Waals surface area contributed by atoms with Crippen molar-refractivity contribution in [3.8, 4) is 5.75 Å². The third-order valence-electron chi connectivity index (χ3n) is 7.08. The normalized spacial score (nSPS) is 17.9. The second-order valence-electron chi connectivity index (χ2n) is 9.95. The molecule has 0 bridgehead atoms. The summed E-state index contributed by atoms with van der Waals surface area (Å²) < 4.78 is 1.72. The number of aromatic hydroxyl groups is 1. The number of fused-ring (bicyclic) bond motifs is 3. The first kappa shape index (κ1) is 23.2. The average Bonchev–Trinajstić information content (AvgIpc) is 2.98. The molecule has 2 heterocycles. The van der Waals surface area contributed by atoms with E-state index in [1.807, 2.05) is 27.9 Å². The van der Waals surface area contributed by atoms with Crippen LogP contribution < -0.4 is 10.4 Å². The van der Waals surface area contributed by atoms with Crippen molar-refractivity contribution in [3.63, 3.8) is 0 Å². The molecular formula is C28H32N4O3. The van der Waals surface area contributed by atoms with Gasteiger partial charge in [0.2, 0.25) is 5.43 Å². The van der Waals surface area contributed by atoms with E-state index in [0.717, 1.165) is 12.8 Å². The largest absolute Gasteiger partial charge is 0.502 e. The molecule has 0 spiro atoms. The summed E-state index contributed by atoms with van der Waals surface area (Å²) in [5.41, 5.74) is 4.32. The smallest absolute Gasteiger partial charge is 0.278 e. The number of hydrogen-bond acceptors (Lipinski definition) is 5. The van der Waals surface area contributed by atoms with Crippen LogP contribution in [-0.2, 0) is 12.8 Å². The van der Waals surface area contributed by atoms with E-state index in [9.17, 15) is 14.7 Å². The lowest BCUT2D eigenvalue weighted by molar-refractivity contribution is 0.0414. The summed E-state index contributed by atoms with van der Waals surface area (Å²) in [6, 6.07) is 17.9. The van der Waals surface area contributed by atoms with Gasteiger partial charge in [0.15, 0.2) is 11.4 Å². The van der Waals surface area contributed by atoms with Crippen LogP contribution in [0, 0.1) is 0 Å². The van der Waals surface area contributed by atoms with Gasteiger partial charge in [-0.2, -0.15) is 0 Å². The van der Waals surface area contributed by atoms with E-state index in [1.165, 1.54) is 28.3 Å². The van der Waals surface area contributed by atoms with Crippen LogP contribution in [0.1, 0.15) is 52.6 Å². The van der Waals surface area contributed by atoms with E-state index in [2.05, 4.69) is 58.4 Å². The summed E-state index contributed by atoms with van der Waals surface area (Å²) in [7, 11) is 3.99. The lowest BCUT2D eigenvalue weighted by atomic mass is 9.93. The van der Waals surface area contributed by atoms with Gasteiger partial charge in [-0.05, 0) is 63.0 Å². The van der Waals surface area contributed by atoms with Crippen molar-refractivity contribution < 1.29 is 9.90 Å². The zero-order chi connectivity index (χ0) is 24.9. The Morgan fingerprint density at radius 3 is 2.06 bits per heavy atom. The Kier molecular flexibility index (Phi) is 5.89. The second-order valence-corrected chi connectivity index (χ2v) is 9.95. The minimum absolute atomic E-state index is 0.0143. The number of likely N-dealkylation sites (N-methyl/N-ethyl adjacent to an activating group) is 1. The van der Waals surface area contributed by atoms with Gasteiger partial charge in [0.05, 0.1) is 6.04 Å². The summed E-state index contributed by atoms with van der Waals surface area (Å²) in [6.45, 7) is 4.53. The molecule has 2 aromatic carbocycles. The van der Waals surface area contributed by atoms with E-state index in [1.54, 1.807) is 15.8 Å². The minimum Gasteiger partial charge on any atom is -0.502 e. The topological polar surface area (TPSA) is 69.0 Å². The van der Waals surface area contributed by atoms with Crippen molar-refractivity contribution in [3.05, 3.63) is 99.0 Å². The van der Waals surface area contributed by atoms with Crippen LogP contribution in [0.5, 0.6) is 5.75 Å². The number of carbonyl (C=O) groups is 1. The number of benzene rings is 2. The summed E-state index contributed by atoms with van der Waals surface area (Å²) in [6.07, 6.45) is 3.14. The maximum absolute atomic E-state index is 13.8. The maximum Gasteiger partial charge on any atom is 0.278 e. The van der Waals surface area contributed by atoms with Crippen LogP contribution in [0.25, 0.3) is 0 Å². The zero-order valence-electron chi connectivity index (χ0n) is 20.7. The van der Waals surface area contributed by atoms with Gasteiger partial charge >= 0.3 is 0 Å². The molecule has 7 heteroatoms. The van der Waals surface area contributed by atoms with Crippen molar-refractivity contribution in [2.45, 2.75) is 44.9 Å². The molecule has 35 heavy (non-hydrogen) atoms. The zero-order valence-corrected chi connectivity index (χ0v) is 20.7. The maximum atomic E-state index is 13.8. The Bertz CT molecular complexity index is 1280. The van der Waals surface area contributed by atoms with Gasteiger partial charge in [-0.15, -0.1) is 0 Å². The SMILES string of the molecule is CC(C)N1C(=O)c2c(O)c(=O)ccn2N(C2c3ccccc3CCc3ccccc32)C1CN(C)C. The Morgan fingerprint density at radius 1 is 0.943 bits per heavy atom. The van der Waals surface area contributed by atoms with Gasteiger partial charge in [0.25, 0.3) is 5.91 Å². The van der Waals surface area contributed by atoms with E-state index in [-0.39, 0.29) is 29.9 Å². The molecule has 1 N–H and O–H groups in total. The molecule has 2 aliphatic rings.